The molecule has 2 nitrogen and oxygen atoms in total. The third kappa shape index (κ3) is 1.44. The largest absolute Gasteiger partial charge is 0.392 e. The van der Waals surface area contributed by atoms with Crippen molar-refractivity contribution in [3.05, 3.63) is 35.4 Å². The maximum Gasteiger partial charge on any atom is 0.147 e. The first-order valence-electron chi connectivity index (χ1n) is 4.60. The summed E-state index contributed by atoms with van der Waals surface area (Å²) in [7, 11) is 0. The lowest BCUT2D eigenvalue weighted by Crippen LogP contribution is -2.30. The predicted molar refractivity (Wildman–Crippen MR) is 59.3 cm³/mol. The standard InChI is InChI=1S/C11H11NOS/c12-11(14)10-8-4-2-1-3-7(8)5-6-9(10)13/h1-4,10H,5-6H2,(H2,12,14). The molecule has 0 radical (unpaired) electrons. The Bertz CT molecular complexity index is 400. The molecule has 1 atom stereocenters. The van der Waals surface area contributed by atoms with Gasteiger partial charge in [0, 0.05) is 6.42 Å². The van der Waals surface area contributed by atoms with E-state index in [1.165, 1.54) is 5.56 Å². The van der Waals surface area contributed by atoms with Crippen LogP contribution < -0.4 is 5.73 Å². The molecule has 1 unspecified atom stereocenters. The van der Waals surface area contributed by atoms with Gasteiger partial charge in [-0.15, -0.1) is 0 Å². The molecule has 2 rings (SSSR count). The van der Waals surface area contributed by atoms with Crippen molar-refractivity contribution < 1.29 is 4.79 Å². The van der Waals surface area contributed by atoms with Gasteiger partial charge >= 0.3 is 0 Å². The normalized spacial score (nSPS) is 20.3. The summed E-state index contributed by atoms with van der Waals surface area (Å²) in [5.74, 6) is -0.203. The van der Waals surface area contributed by atoms with Crippen LogP contribution in [0.4, 0.5) is 0 Å². The number of benzene rings is 1. The summed E-state index contributed by atoms with van der Waals surface area (Å²) in [6.07, 6.45) is 1.37. The van der Waals surface area contributed by atoms with Crippen LogP contribution in [0.1, 0.15) is 23.5 Å². The highest BCUT2D eigenvalue weighted by Crippen LogP contribution is 2.28. The summed E-state index contributed by atoms with van der Waals surface area (Å²) in [5, 5.41) is 0. The number of rotatable bonds is 1. The van der Waals surface area contributed by atoms with Crippen LogP contribution in [0.5, 0.6) is 0 Å². The van der Waals surface area contributed by atoms with Gasteiger partial charge < -0.3 is 5.73 Å². The van der Waals surface area contributed by atoms with Crippen LogP contribution in [-0.4, -0.2) is 10.8 Å². The van der Waals surface area contributed by atoms with E-state index in [1.807, 2.05) is 24.3 Å². The van der Waals surface area contributed by atoms with E-state index in [0.717, 1.165) is 12.0 Å². The van der Waals surface area contributed by atoms with Crippen LogP contribution in [0.3, 0.4) is 0 Å². The van der Waals surface area contributed by atoms with Gasteiger partial charge in [-0.2, -0.15) is 0 Å². The minimum Gasteiger partial charge on any atom is -0.392 e. The van der Waals surface area contributed by atoms with Crippen LogP contribution in [-0.2, 0) is 11.2 Å². The van der Waals surface area contributed by atoms with Crippen LogP contribution in [0.15, 0.2) is 24.3 Å². The average Bonchev–Trinajstić information content (AvgIpc) is 2.17. The molecule has 14 heavy (non-hydrogen) atoms. The lowest BCUT2D eigenvalue weighted by molar-refractivity contribution is -0.119. The van der Waals surface area contributed by atoms with E-state index in [0.29, 0.717) is 11.4 Å². The zero-order chi connectivity index (χ0) is 10.1. The Labute approximate surface area is 88.1 Å². The van der Waals surface area contributed by atoms with Gasteiger partial charge in [-0.25, -0.2) is 0 Å². The smallest absolute Gasteiger partial charge is 0.147 e. The first-order chi connectivity index (χ1) is 6.70. The summed E-state index contributed by atoms with van der Waals surface area (Å²) in [5.41, 5.74) is 7.78. The predicted octanol–water partition coefficient (Wildman–Crippen LogP) is 1.57. The maximum atomic E-state index is 11.6. The van der Waals surface area contributed by atoms with E-state index >= 15 is 0 Å². The summed E-state index contributed by atoms with van der Waals surface area (Å²) in [4.78, 5) is 11.9. The molecule has 72 valence electrons. The molecule has 0 spiro atoms. The SMILES string of the molecule is NC(=S)C1C(=O)CCc2ccccc21. The second-order valence-electron chi connectivity index (χ2n) is 3.50. The maximum absolute atomic E-state index is 11.6. The molecule has 3 heteroatoms. The molecule has 1 aliphatic rings. The lowest BCUT2D eigenvalue weighted by Gasteiger charge is -2.23. The van der Waals surface area contributed by atoms with Crippen molar-refractivity contribution in [3.8, 4) is 0 Å². The topological polar surface area (TPSA) is 43.1 Å². The number of hydrogen-bond donors (Lipinski definition) is 1. The number of nitrogens with two attached hydrogens (primary N) is 1. The summed E-state index contributed by atoms with van der Waals surface area (Å²) >= 11 is 4.93. The molecule has 0 amide bonds. The van der Waals surface area contributed by atoms with E-state index in [1.54, 1.807) is 0 Å². The molecule has 0 heterocycles. The van der Waals surface area contributed by atoms with Crippen LogP contribution >= 0.6 is 12.2 Å². The van der Waals surface area contributed by atoms with Gasteiger partial charge in [0.15, 0.2) is 0 Å². The fraction of sp³-hybridized carbons (Fsp3) is 0.273. The Hall–Kier alpha value is -1.22. The minimum absolute atomic E-state index is 0.149. The van der Waals surface area contributed by atoms with Gasteiger partial charge in [-0.1, -0.05) is 36.5 Å². The second kappa shape index (κ2) is 3.50. The van der Waals surface area contributed by atoms with Crippen LogP contribution in [0.2, 0.25) is 0 Å². The molecular weight excluding hydrogens is 194 g/mol. The molecule has 0 saturated heterocycles. The molecule has 1 aromatic carbocycles. The number of ketones is 1. The monoisotopic (exact) mass is 205 g/mol. The van der Waals surface area contributed by atoms with E-state index in [9.17, 15) is 4.79 Å². The molecule has 0 fully saturated rings. The molecular formula is C11H11NOS. The van der Waals surface area contributed by atoms with Gasteiger partial charge in [-0.05, 0) is 17.5 Å². The molecule has 1 aromatic rings. The molecule has 1 aliphatic carbocycles. The van der Waals surface area contributed by atoms with Crippen LogP contribution in [0.25, 0.3) is 0 Å². The van der Waals surface area contributed by atoms with E-state index in [4.69, 9.17) is 18.0 Å². The molecule has 0 bridgehead atoms. The second-order valence-corrected chi connectivity index (χ2v) is 3.97. The van der Waals surface area contributed by atoms with Crippen molar-refractivity contribution in [3.63, 3.8) is 0 Å². The zero-order valence-corrected chi connectivity index (χ0v) is 8.51. The van der Waals surface area contributed by atoms with Gasteiger partial charge in [0.2, 0.25) is 0 Å². The highest BCUT2D eigenvalue weighted by Gasteiger charge is 2.28. The Morgan fingerprint density at radius 2 is 2.07 bits per heavy atom. The summed E-state index contributed by atoms with van der Waals surface area (Å²) in [6.45, 7) is 0. The van der Waals surface area contributed by atoms with Crippen molar-refractivity contribution in [2.75, 3.05) is 0 Å². The van der Waals surface area contributed by atoms with Crippen molar-refractivity contribution in [2.24, 2.45) is 5.73 Å². The first-order valence-corrected chi connectivity index (χ1v) is 5.01. The molecule has 2 N–H and O–H groups in total. The first kappa shape index (κ1) is 9.34. The highest BCUT2D eigenvalue weighted by molar-refractivity contribution is 7.80. The van der Waals surface area contributed by atoms with Crippen molar-refractivity contribution >= 4 is 23.0 Å². The number of thiocarbonyl (C=S) groups is 1. The number of Topliss-reactive ketones (excluding diaryl/α,β-unsaturated/α-hetero) is 1. The summed E-state index contributed by atoms with van der Waals surface area (Å²) in [6, 6.07) is 7.87. The van der Waals surface area contributed by atoms with Crippen molar-refractivity contribution in [2.45, 2.75) is 18.8 Å². The fourth-order valence-electron chi connectivity index (χ4n) is 1.93. The minimum atomic E-state index is -0.352. The van der Waals surface area contributed by atoms with Gasteiger partial charge in [0.05, 0.1) is 10.9 Å². The lowest BCUT2D eigenvalue weighted by atomic mass is 9.82. The third-order valence-corrected chi connectivity index (χ3v) is 2.85. The van der Waals surface area contributed by atoms with Gasteiger partial charge in [0.25, 0.3) is 0 Å². The van der Waals surface area contributed by atoms with Crippen molar-refractivity contribution in [1.82, 2.24) is 0 Å². The highest BCUT2D eigenvalue weighted by atomic mass is 32.1. The Morgan fingerprint density at radius 1 is 1.36 bits per heavy atom. The number of fused-ring (bicyclic) bond motifs is 1. The number of hydrogen-bond acceptors (Lipinski definition) is 2. The zero-order valence-electron chi connectivity index (χ0n) is 7.69. The average molecular weight is 205 g/mol. The molecule has 0 saturated carbocycles. The number of carbonyl (C=O) groups excluding carboxylic acids is 1. The quantitative estimate of drug-likeness (QED) is 0.708. The summed E-state index contributed by atoms with van der Waals surface area (Å²) < 4.78 is 0. The van der Waals surface area contributed by atoms with E-state index < -0.39 is 0 Å². The molecule has 0 aliphatic heterocycles. The fourth-order valence-corrected chi connectivity index (χ4v) is 2.19. The Kier molecular flexibility index (Phi) is 2.33. The van der Waals surface area contributed by atoms with Gasteiger partial charge in [-0.3, -0.25) is 4.79 Å². The number of carbonyl (C=O) groups is 1. The van der Waals surface area contributed by atoms with Gasteiger partial charge in [0.1, 0.15) is 5.78 Å². The van der Waals surface area contributed by atoms with E-state index in [2.05, 4.69) is 0 Å². The third-order valence-electron chi connectivity index (χ3n) is 2.61. The Balaban J connectivity index is 2.51. The number of aryl methyl sites for hydroxylation is 1. The van der Waals surface area contributed by atoms with E-state index in [-0.39, 0.29) is 11.7 Å². The van der Waals surface area contributed by atoms with Crippen molar-refractivity contribution in [1.29, 1.82) is 0 Å². The van der Waals surface area contributed by atoms with Crippen LogP contribution in [0, 0.1) is 0 Å². The Morgan fingerprint density at radius 3 is 2.79 bits per heavy atom. The molecule has 0 aromatic heterocycles.